The molecule has 0 rings (SSSR count). The molecular weight excluding hydrogens is 257 g/mol. The van der Waals surface area contributed by atoms with Gasteiger partial charge in [0.2, 0.25) is 0 Å². The average Bonchev–Trinajstić information content (AvgIpc) is 1.91. The van der Waals surface area contributed by atoms with Gasteiger partial charge in [0.1, 0.15) is 0 Å². The molecule has 0 heterocycles. The number of unbranched alkanes of at least 4 members (excludes halogenated alkanes) is 4. The van der Waals surface area contributed by atoms with Crippen LogP contribution in [0.25, 0.3) is 0 Å². The fourth-order valence-corrected chi connectivity index (χ4v) is 0.553. The maximum Gasteiger partial charge on any atom is 0 e. The predicted octanol–water partition coefficient (Wildman–Crippen LogP) is 6.56. The Kier molecular flexibility index (Phi) is 176. The van der Waals surface area contributed by atoms with Crippen molar-refractivity contribution >= 4 is 0 Å². The summed E-state index contributed by atoms with van der Waals surface area (Å²) in [7, 11) is 0. The molecule has 0 aliphatic rings. The molecule has 0 aromatic rings. The maximum atomic E-state index is 2.34. The van der Waals surface area contributed by atoms with E-state index in [0.29, 0.717) is 0 Å². The van der Waals surface area contributed by atoms with E-state index in [0.717, 1.165) is 0 Å². The molecule has 0 nitrogen and oxygen atoms in total. The van der Waals surface area contributed by atoms with Crippen LogP contribution in [0.5, 0.6) is 0 Å². The van der Waals surface area contributed by atoms with Gasteiger partial charge in [0.05, 0.1) is 0 Å². The molecule has 0 fully saturated rings. The molecular formula is C14H38Y-2. The Morgan fingerprint density at radius 3 is 1.40 bits per heavy atom. The maximum absolute atomic E-state index is 2.34. The van der Waals surface area contributed by atoms with Crippen molar-refractivity contribution < 1.29 is 32.7 Å². The van der Waals surface area contributed by atoms with Crippen LogP contribution in [-0.4, -0.2) is 0 Å². The van der Waals surface area contributed by atoms with Crippen LogP contribution in [-0.2, 0) is 32.7 Å². The third-order valence-corrected chi connectivity index (χ3v) is 1.05. The largest absolute Gasteiger partial charge is 0.335 e. The second kappa shape index (κ2) is 59.5. The van der Waals surface area contributed by atoms with Crippen molar-refractivity contribution in [3.8, 4) is 0 Å². The Balaban J connectivity index is -0.0000000147. The van der Waals surface area contributed by atoms with Crippen LogP contribution in [0.3, 0.4) is 0 Å². The van der Waals surface area contributed by atoms with E-state index in [1.165, 1.54) is 25.7 Å². The van der Waals surface area contributed by atoms with Gasteiger partial charge in [-0.2, -0.15) is 26.7 Å². The van der Waals surface area contributed by atoms with E-state index in [1.54, 1.807) is 0 Å². The van der Waals surface area contributed by atoms with Gasteiger partial charge < -0.3 is 12.8 Å². The van der Waals surface area contributed by atoms with Crippen LogP contribution >= 0.6 is 0 Å². The average molecular weight is 295 g/mol. The smallest absolute Gasteiger partial charge is 0 e. The van der Waals surface area contributed by atoms with E-state index in [1.807, 2.05) is 20.3 Å². The van der Waals surface area contributed by atoms with E-state index >= 15 is 0 Å². The summed E-state index contributed by atoms with van der Waals surface area (Å²) >= 11 is 0. The molecule has 0 aliphatic carbocycles. The predicted molar refractivity (Wildman–Crippen MR) is 76.7 cm³/mol. The van der Waals surface area contributed by atoms with Crippen molar-refractivity contribution in [1.82, 2.24) is 0 Å². The summed E-state index contributed by atoms with van der Waals surface area (Å²) < 4.78 is 0. The van der Waals surface area contributed by atoms with Gasteiger partial charge in [-0.25, -0.2) is 0 Å². The van der Waals surface area contributed by atoms with E-state index in [-0.39, 0.29) is 62.4 Å². The summed E-state index contributed by atoms with van der Waals surface area (Å²) in [6.07, 6.45) is 9.58. The summed E-state index contributed by atoms with van der Waals surface area (Å²) in [6, 6.07) is 0. The first-order valence-electron chi connectivity index (χ1n) is 4.39. The van der Waals surface area contributed by atoms with Crippen molar-refractivity contribution in [1.29, 1.82) is 0 Å². The van der Waals surface area contributed by atoms with Gasteiger partial charge in [-0.1, -0.05) is 56.4 Å². The first-order valence-corrected chi connectivity index (χ1v) is 4.39. The molecule has 0 atom stereocenters. The number of hydrogen-bond donors (Lipinski definition) is 0. The van der Waals surface area contributed by atoms with Crippen LogP contribution in [0.4, 0.5) is 0 Å². The standard InChI is InChI=1S/C7H15.C3H7.4CH4.Y/c1-3-5-7-6-4-2;1-3-2;;;;;/h5H,3-4,6-7H2,1-2H3;3H,1-2H3;4*1H4;/q2*-1;;;;;. The van der Waals surface area contributed by atoms with Gasteiger partial charge >= 0.3 is 0 Å². The summed E-state index contributed by atoms with van der Waals surface area (Å²) in [4.78, 5) is 0. The van der Waals surface area contributed by atoms with Crippen molar-refractivity contribution in [2.24, 2.45) is 0 Å². The van der Waals surface area contributed by atoms with Gasteiger partial charge in [0.15, 0.2) is 0 Å². The molecule has 1 radical (unpaired) electrons. The molecule has 1 heteroatoms. The summed E-state index contributed by atoms with van der Waals surface area (Å²) in [5, 5.41) is 0. The quantitative estimate of drug-likeness (QED) is 0.407. The normalized spacial score (nSPS) is 5.60. The second-order valence-corrected chi connectivity index (χ2v) is 2.42. The zero-order chi connectivity index (χ0) is 8.24. The SMILES string of the molecule is C.C.C.C.CC[CH-]CCCC.C[CH-]C.[Y]. The molecule has 0 N–H and O–H groups in total. The molecule has 0 saturated carbocycles. The fourth-order valence-electron chi connectivity index (χ4n) is 0.553. The molecule has 0 aliphatic heterocycles. The van der Waals surface area contributed by atoms with E-state index in [4.69, 9.17) is 0 Å². The molecule has 99 valence electrons. The van der Waals surface area contributed by atoms with E-state index < -0.39 is 0 Å². The Labute approximate surface area is 128 Å². The Bertz CT molecular complexity index is 32.3. The summed E-state index contributed by atoms with van der Waals surface area (Å²) in [5.41, 5.74) is 0. The summed E-state index contributed by atoms with van der Waals surface area (Å²) in [5.74, 6) is 0. The van der Waals surface area contributed by atoms with Gasteiger partial charge in [-0.3, -0.25) is 0 Å². The Morgan fingerprint density at radius 1 is 0.867 bits per heavy atom. The van der Waals surface area contributed by atoms with Gasteiger partial charge in [-0.05, 0) is 0 Å². The van der Waals surface area contributed by atoms with E-state index in [2.05, 4.69) is 20.3 Å². The van der Waals surface area contributed by atoms with Crippen molar-refractivity contribution in [3.63, 3.8) is 0 Å². The monoisotopic (exact) mass is 295 g/mol. The second-order valence-electron chi connectivity index (χ2n) is 2.42. The van der Waals surface area contributed by atoms with Crippen LogP contribution < -0.4 is 0 Å². The molecule has 0 unspecified atom stereocenters. The first-order chi connectivity index (χ1) is 4.83. The van der Waals surface area contributed by atoms with E-state index in [9.17, 15) is 0 Å². The minimum atomic E-state index is 0. The number of hydrogen-bond acceptors (Lipinski definition) is 0. The summed E-state index contributed by atoms with van der Waals surface area (Å²) in [6.45, 7) is 8.42. The first kappa shape index (κ1) is 44.3. The Hall–Kier alpha value is 1.10. The van der Waals surface area contributed by atoms with Crippen LogP contribution in [0.15, 0.2) is 0 Å². The van der Waals surface area contributed by atoms with Gasteiger partial charge in [-0.15, -0.1) is 0 Å². The topological polar surface area (TPSA) is 0 Å². The molecule has 0 amide bonds. The van der Waals surface area contributed by atoms with Crippen molar-refractivity contribution in [2.45, 2.75) is 83.1 Å². The number of rotatable bonds is 4. The van der Waals surface area contributed by atoms with Crippen molar-refractivity contribution in [3.05, 3.63) is 12.8 Å². The molecule has 0 aromatic heterocycles. The molecule has 0 spiro atoms. The third-order valence-electron chi connectivity index (χ3n) is 1.05. The van der Waals surface area contributed by atoms with Gasteiger partial charge in [0.25, 0.3) is 0 Å². The third kappa shape index (κ3) is 99.6. The van der Waals surface area contributed by atoms with Crippen LogP contribution in [0.2, 0.25) is 0 Å². The van der Waals surface area contributed by atoms with Crippen LogP contribution in [0, 0.1) is 12.8 Å². The fraction of sp³-hybridized carbons (Fsp3) is 0.857. The van der Waals surface area contributed by atoms with Gasteiger partial charge in [0, 0.05) is 32.7 Å². The Morgan fingerprint density at radius 2 is 1.20 bits per heavy atom. The minimum Gasteiger partial charge on any atom is -0.335 e. The molecule has 0 bridgehead atoms. The van der Waals surface area contributed by atoms with Crippen LogP contribution in [0.1, 0.15) is 83.1 Å². The zero-order valence-corrected chi connectivity index (χ0v) is 11.4. The minimum absolute atomic E-state index is 0. The molecule has 15 heavy (non-hydrogen) atoms. The van der Waals surface area contributed by atoms with Crippen molar-refractivity contribution in [2.75, 3.05) is 0 Å². The molecule has 0 aromatic carbocycles. The zero-order valence-electron chi connectivity index (χ0n) is 8.56. The molecule has 0 saturated heterocycles.